The van der Waals surface area contributed by atoms with Gasteiger partial charge >= 0.3 is 8.80 Å². The van der Waals surface area contributed by atoms with Gasteiger partial charge in [-0.3, -0.25) is 0 Å². The lowest BCUT2D eigenvalue weighted by Crippen LogP contribution is -2.43. The Kier molecular flexibility index (Phi) is 3.84. The van der Waals surface area contributed by atoms with Crippen LogP contribution in [0.3, 0.4) is 0 Å². The maximum atomic E-state index is 5.45. The quantitative estimate of drug-likeness (QED) is 0.529. The van der Waals surface area contributed by atoms with Crippen LogP contribution in [0.5, 0.6) is 0 Å². The number of hydrogen-bond acceptors (Lipinski definition) is 3. The summed E-state index contributed by atoms with van der Waals surface area (Å²) < 4.78 is 16.4. The summed E-state index contributed by atoms with van der Waals surface area (Å²) in [4.78, 5) is 0. The molecule has 0 unspecified atom stereocenters. The molecule has 92 valence electrons. The van der Waals surface area contributed by atoms with E-state index in [9.17, 15) is 0 Å². The lowest BCUT2D eigenvalue weighted by atomic mass is 9.91. The van der Waals surface area contributed by atoms with Gasteiger partial charge in [-0.1, -0.05) is 12.2 Å². The summed E-state index contributed by atoms with van der Waals surface area (Å²) in [7, 11) is 2.75. The summed E-state index contributed by atoms with van der Waals surface area (Å²) >= 11 is 0. The molecule has 0 heterocycles. The van der Waals surface area contributed by atoms with Crippen molar-refractivity contribution in [2.45, 2.75) is 25.3 Å². The standard InChI is InChI=1S/C12H22O3Si/c1-13-16(14-2,15-3)7-6-12-9-10-4-5-11(12)8-10/h4-5,10-12H,6-9H2,1-3H3/t10-,11+,12+/m1/s1. The highest BCUT2D eigenvalue weighted by atomic mass is 28.4. The topological polar surface area (TPSA) is 27.7 Å². The van der Waals surface area contributed by atoms with E-state index in [-0.39, 0.29) is 0 Å². The first-order valence-electron chi connectivity index (χ1n) is 6.07. The van der Waals surface area contributed by atoms with E-state index in [1.807, 2.05) is 0 Å². The van der Waals surface area contributed by atoms with Crippen LogP contribution in [0.25, 0.3) is 0 Å². The van der Waals surface area contributed by atoms with Gasteiger partial charge in [0.25, 0.3) is 0 Å². The van der Waals surface area contributed by atoms with Gasteiger partial charge in [0.05, 0.1) is 0 Å². The summed E-state index contributed by atoms with van der Waals surface area (Å²) in [5.74, 6) is 2.48. The maximum Gasteiger partial charge on any atom is 0.500 e. The van der Waals surface area contributed by atoms with Gasteiger partial charge in [-0.15, -0.1) is 0 Å². The van der Waals surface area contributed by atoms with E-state index >= 15 is 0 Å². The SMILES string of the molecule is CO[Si](CC[C@H]1C[C@@H]2C=C[C@H]1C2)(OC)OC. The monoisotopic (exact) mass is 242 g/mol. The Morgan fingerprint density at radius 3 is 2.19 bits per heavy atom. The molecule has 4 heteroatoms. The largest absolute Gasteiger partial charge is 0.500 e. The molecule has 2 aliphatic rings. The zero-order chi connectivity index (χ0) is 11.6. The fourth-order valence-electron chi connectivity index (χ4n) is 3.14. The highest BCUT2D eigenvalue weighted by Gasteiger charge is 2.41. The van der Waals surface area contributed by atoms with Crippen molar-refractivity contribution >= 4 is 8.80 Å². The molecule has 0 aromatic rings. The molecule has 0 aliphatic heterocycles. The highest BCUT2D eigenvalue weighted by Crippen LogP contribution is 2.46. The highest BCUT2D eigenvalue weighted by molar-refractivity contribution is 6.60. The minimum absolute atomic E-state index is 0.808. The van der Waals surface area contributed by atoms with Gasteiger partial charge in [0.2, 0.25) is 0 Å². The van der Waals surface area contributed by atoms with Crippen molar-refractivity contribution in [1.82, 2.24) is 0 Å². The van der Waals surface area contributed by atoms with Gasteiger partial charge in [-0.2, -0.15) is 0 Å². The van der Waals surface area contributed by atoms with E-state index in [4.69, 9.17) is 13.3 Å². The molecule has 0 amide bonds. The first-order chi connectivity index (χ1) is 7.73. The summed E-state index contributed by atoms with van der Waals surface area (Å²) in [6.07, 6.45) is 8.67. The van der Waals surface area contributed by atoms with Crippen molar-refractivity contribution < 1.29 is 13.3 Å². The predicted molar refractivity (Wildman–Crippen MR) is 65.0 cm³/mol. The molecule has 3 atom stereocenters. The molecule has 2 bridgehead atoms. The van der Waals surface area contributed by atoms with Crippen LogP contribution < -0.4 is 0 Å². The Hall–Kier alpha value is -0.163. The lowest BCUT2D eigenvalue weighted by molar-refractivity contribution is 0.120. The van der Waals surface area contributed by atoms with Crippen molar-refractivity contribution in [3.8, 4) is 0 Å². The van der Waals surface area contributed by atoms with Gasteiger partial charge < -0.3 is 13.3 Å². The van der Waals surface area contributed by atoms with E-state index in [0.717, 1.165) is 23.8 Å². The number of fused-ring (bicyclic) bond motifs is 2. The first kappa shape index (κ1) is 12.3. The Labute approximate surface area is 99.1 Å². The van der Waals surface area contributed by atoms with Gasteiger partial charge in [0.15, 0.2) is 0 Å². The number of hydrogen-bond donors (Lipinski definition) is 0. The molecule has 3 nitrogen and oxygen atoms in total. The zero-order valence-corrected chi connectivity index (χ0v) is 11.4. The average molecular weight is 242 g/mol. The van der Waals surface area contributed by atoms with Crippen LogP contribution >= 0.6 is 0 Å². The van der Waals surface area contributed by atoms with Gasteiger partial charge in [0, 0.05) is 27.4 Å². The van der Waals surface area contributed by atoms with Crippen molar-refractivity contribution in [2.75, 3.05) is 21.3 Å². The average Bonchev–Trinajstić information content (AvgIpc) is 2.93. The van der Waals surface area contributed by atoms with Crippen LogP contribution in [0.1, 0.15) is 19.3 Å². The van der Waals surface area contributed by atoms with Crippen molar-refractivity contribution in [1.29, 1.82) is 0 Å². The van der Waals surface area contributed by atoms with Crippen LogP contribution in [-0.4, -0.2) is 30.1 Å². The van der Waals surface area contributed by atoms with Gasteiger partial charge in [-0.05, 0) is 37.0 Å². The summed E-state index contributed by atoms with van der Waals surface area (Å²) in [6, 6.07) is 0.943. The Balaban J connectivity index is 1.84. The first-order valence-corrected chi connectivity index (χ1v) is 8.00. The minimum Gasteiger partial charge on any atom is -0.377 e. The van der Waals surface area contributed by atoms with Gasteiger partial charge in [0.1, 0.15) is 0 Å². The molecule has 0 radical (unpaired) electrons. The molecule has 0 aromatic carbocycles. The Morgan fingerprint density at radius 2 is 1.75 bits per heavy atom. The fraction of sp³-hybridized carbons (Fsp3) is 0.833. The van der Waals surface area contributed by atoms with E-state index in [1.54, 1.807) is 21.3 Å². The molecular weight excluding hydrogens is 220 g/mol. The molecular formula is C12H22O3Si. The lowest BCUT2D eigenvalue weighted by Gasteiger charge is -2.27. The van der Waals surface area contributed by atoms with Crippen LogP contribution in [0.2, 0.25) is 6.04 Å². The third kappa shape index (κ3) is 2.25. The van der Waals surface area contributed by atoms with Crippen LogP contribution in [-0.2, 0) is 13.3 Å². The molecule has 0 aromatic heterocycles. The fourth-order valence-corrected chi connectivity index (χ4v) is 4.98. The molecule has 2 rings (SSSR count). The summed E-state index contributed by atoms with van der Waals surface area (Å²) in [6.45, 7) is 0. The van der Waals surface area contributed by atoms with E-state index < -0.39 is 8.80 Å². The second-order valence-electron chi connectivity index (χ2n) is 4.87. The molecule has 0 N–H and O–H groups in total. The second-order valence-corrected chi connectivity index (χ2v) is 7.97. The summed E-state index contributed by atoms with van der Waals surface area (Å²) in [5.41, 5.74) is 0. The Bertz CT molecular complexity index is 255. The smallest absolute Gasteiger partial charge is 0.377 e. The second kappa shape index (κ2) is 5.00. The molecule has 16 heavy (non-hydrogen) atoms. The molecule has 1 fully saturated rings. The van der Waals surface area contributed by atoms with E-state index in [1.165, 1.54) is 19.3 Å². The van der Waals surface area contributed by atoms with Crippen LogP contribution in [0.15, 0.2) is 12.2 Å². The molecule has 0 saturated heterocycles. The van der Waals surface area contributed by atoms with E-state index in [0.29, 0.717) is 0 Å². The maximum absolute atomic E-state index is 5.45. The van der Waals surface area contributed by atoms with Gasteiger partial charge in [-0.25, -0.2) is 0 Å². The van der Waals surface area contributed by atoms with E-state index in [2.05, 4.69) is 12.2 Å². The normalized spacial score (nSPS) is 32.6. The minimum atomic E-state index is -2.34. The third-order valence-corrected chi connectivity index (χ3v) is 6.94. The zero-order valence-electron chi connectivity index (χ0n) is 10.4. The molecule has 0 spiro atoms. The van der Waals surface area contributed by atoms with Crippen LogP contribution in [0, 0.1) is 17.8 Å². The van der Waals surface area contributed by atoms with Crippen molar-refractivity contribution in [2.24, 2.45) is 17.8 Å². The Morgan fingerprint density at radius 1 is 1.06 bits per heavy atom. The predicted octanol–water partition coefficient (Wildman–Crippen LogP) is 2.47. The van der Waals surface area contributed by atoms with Crippen LogP contribution in [0.4, 0.5) is 0 Å². The van der Waals surface area contributed by atoms with Crippen molar-refractivity contribution in [3.05, 3.63) is 12.2 Å². The molecule has 2 aliphatic carbocycles. The summed E-state index contributed by atoms with van der Waals surface area (Å²) in [5, 5.41) is 0. The van der Waals surface area contributed by atoms with Crippen molar-refractivity contribution in [3.63, 3.8) is 0 Å². The molecule has 1 saturated carbocycles. The third-order valence-electron chi connectivity index (χ3n) is 4.17. The number of rotatable bonds is 6. The number of allylic oxidation sites excluding steroid dienone is 2.